The first-order valence-electron chi connectivity index (χ1n) is 7.17. The Hall–Kier alpha value is -2.43. The van der Waals surface area contributed by atoms with Gasteiger partial charge in [0.15, 0.2) is 5.16 Å². The number of halogens is 1. The Balaban J connectivity index is 1.74. The van der Waals surface area contributed by atoms with Crippen molar-refractivity contribution >= 4 is 62.2 Å². The maximum atomic E-state index is 12.2. The number of nitro benzene ring substituents is 1. The van der Waals surface area contributed by atoms with E-state index in [0.29, 0.717) is 15.4 Å². The van der Waals surface area contributed by atoms with Crippen molar-refractivity contribution in [3.8, 4) is 0 Å². The van der Waals surface area contributed by atoms with Crippen LogP contribution in [0.1, 0.15) is 0 Å². The van der Waals surface area contributed by atoms with E-state index in [1.807, 2.05) is 0 Å². The monoisotopic (exact) mass is 410 g/mol. The molecule has 0 bridgehead atoms. The number of anilines is 1. The Morgan fingerprint density at radius 3 is 2.96 bits per heavy atom. The largest absolute Gasteiger partial charge is 0.324 e. The van der Waals surface area contributed by atoms with Gasteiger partial charge >= 0.3 is 0 Å². The second-order valence-corrected chi connectivity index (χ2v) is 7.40. The number of benzene rings is 1. The van der Waals surface area contributed by atoms with Gasteiger partial charge in [-0.15, -0.1) is 11.3 Å². The highest BCUT2D eigenvalue weighted by Crippen LogP contribution is 2.27. The third kappa shape index (κ3) is 3.71. The number of thiophene rings is 1. The van der Waals surface area contributed by atoms with Crippen molar-refractivity contribution in [1.82, 2.24) is 9.55 Å². The molecule has 0 fully saturated rings. The molecule has 2 heterocycles. The van der Waals surface area contributed by atoms with E-state index in [2.05, 4.69) is 10.3 Å². The lowest BCUT2D eigenvalue weighted by molar-refractivity contribution is -0.384. The number of rotatable bonds is 5. The van der Waals surface area contributed by atoms with Crippen LogP contribution in [0.4, 0.5) is 11.4 Å². The Kier molecular flexibility index (Phi) is 5.25. The number of nitrogens with one attached hydrogen (secondary N) is 1. The number of thioether (sulfide) groups is 1. The Labute approximate surface area is 160 Å². The van der Waals surface area contributed by atoms with E-state index < -0.39 is 10.8 Å². The number of carbonyl (C=O) groups is 1. The number of nitro groups is 1. The molecule has 0 unspecified atom stereocenters. The summed E-state index contributed by atoms with van der Waals surface area (Å²) in [7, 11) is 1.59. The number of non-ortho nitro benzene ring substituents is 1. The van der Waals surface area contributed by atoms with Gasteiger partial charge < -0.3 is 5.32 Å². The maximum Gasteiger partial charge on any atom is 0.271 e. The molecule has 0 saturated carbocycles. The number of carbonyl (C=O) groups excluding carboxylic acids is 1. The lowest BCUT2D eigenvalue weighted by Gasteiger charge is -2.08. The molecule has 0 atom stereocenters. The van der Waals surface area contributed by atoms with Crippen LogP contribution in [0.15, 0.2) is 39.6 Å². The summed E-state index contributed by atoms with van der Waals surface area (Å²) < 4.78 is 1.38. The number of amides is 1. The first kappa shape index (κ1) is 18.4. The molecule has 3 rings (SSSR count). The van der Waals surface area contributed by atoms with E-state index in [0.717, 1.165) is 11.8 Å². The zero-order valence-electron chi connectivity index (χ0n) is 13.3. The highest BCUT2D eigenvalue weighted by molar-refractivity contribution is 7.99. The molecule has 8 nitrogen and oxygen atoms in total. The van der Waals surface area contributed by atoms with Crippen LogP contribution >= 0.6 is 34.7 Å². The number of nitrogens with zero attached hydrogens (tertiary/aromatic N) is 3. The maximum absolute atomic E-state index is 12.2. The summed E-state index contributed by atoms with van der Waals surface area (Å²) in [6.07, 6.45) is 0. The fourth-order valence-corrected chi connectivity index (χ4v) is 3.89. The van der Waals surface area contributed by atoms with Crippen LogP contribution in [0.5, 0.6) is 0 Å². The molecule has 3 aromatic rings. The molecule has 11 heteroatoms. The van der Waals surface area contributed by atoms with Crippen molar-refractivity contribution in [2.45, 2.75) is 5.16 Å². The molecule has 1 aromatic carbocycles. The second kappa shape index (κ2) is 7.44. The van der Waals surface area contributed by atoms with Crippen LogP contribution in [-0.2, 0) is 11.8 Å². The second-order valence-electron chi connectivity index (χ2n) is 5.16. The molecule has 2 aromatic heterocycles. The van der Waals surface area contributed by atoms with Crippen molar-refractivity contribution in [3.05, 3.63) is 55.1 Å². The van der Waals surface area contributed by atoms with E-state index >= 15 is 0 Å². The lowest BCUT2D eigenvalue weighted by Crippen LogP contribution is -2.21. The van der Waals surface area contributed by atoms with Gasteiger partial charge in [-0.1, -0.05) is 23.4 Å². The van der Waals surface area contributed by atoms with E-state index in [1.54, 1.807) is 18.5 Å². The fourth-order valence-electron chi connectivity index (χ4n) is 2.15. The average molecular weight is 411 g/mol. The van der Waals surface area contributed by atoms with E-state index in [9.17, 15) is 19.7 Å². The third-order valence-corrected chi connectivity index (χ3v) is 5.60. The van der Waals surface area contributed by atoms with Crippen LogP contribution in [0.2, 0.25) is 5.02 Å². The molecule has 26 heavy (non-hydrogen) atoms. The average Bonchev–Trinajstić information content (AvgIpc) is 3.07. The molecule has 1 N–H and O–H groups in total. The SMILES string of the molecule is Cn1c(SCC(=O)Nc2cc([N+](=O)[O-])ccc2Cl)nc2sccc2c1=O. The molecule has 0 aliphatic rings. The minimum absolute atomic E-state index is 0.0316. The molecule has 0 aliphatic heterocycles. The number of hydrogen-bond acceptors (Lipinski definition) is 7. The van der Waals surface area contributed by atoms with Crippen molar-refractivity contribution < 1.29 is 9.72 Å². The molecule has 0 spiro atoms. The lowest BCUT2D eigenvalue weighted by atomic mass is 10.3. The molecule has 1 amide bonds. The molecule has 134 valence electrons. The highest BCUT2D eigenvalue weighted by atomic mass is 35.5. The quantitative estimate of drug-likeness (QED) is 0.299. The Bertz CT molecular complexity index is 1080. The van der Waals surface area contributed by atoms with Crippen LogP contribution in [0.25, 0.3) is 10.2 Å². The number of fused-ring (bicyclic) bond motifs is 1. The van der Waals surface area contributed by atoms with E-state index in [1.165, 1.54) is 34.1 Å². The van der Waals surface area contributed by atoms with Gasteiger partial charge in [0, 0.05) is 19.2 Å². The molecule has 0 aliphatic carbocycles. The summed E-state index contributed by atoms with van der Waals surface area (Å²) in [6, 6.07) is 5.50. The summed E-state index contributed by atoms with van der Waals surface area (Å²) in [5.41, 5.74) is -0.201. The van der Waals surface area contributed by atoms with E-state index in [4.69, 9.17) is 11.6 Å². The van der Waals surface area contributed by atoms with Gasteiger partial charge in [0.25, 0.3) is 11.2 Å². The summed E-state index contributed by atoms with van der Waals surface area (Å²) in [4.78, 5) is 39.6. The van der Waals surface area contributed by atoms with Crippen molar-refractivity contribution in [2.24, 2.45) is 7.05 Å². The van der Waals surface area contributed by atoms with Crippen LogP contribution in [0, 0.1) is 10.1 Å². The number of hydrogen-bond donors (Lipinski definition) is 1. The smallest absolute Gasteiger partial charge is 0.271 e. The summed E-state index contributed by atoms with van der Waals surface area (Å²) >= 11 is 8.40. The summed E-state index contributed by atoms with van der Waals surface area (Å²) in [6.45, 7) is 0. The van der Waals surface area contributed by atoms with Gasteiger partial charge in [-0.3, -0.25) is 24.3 Å². The first-order valence-corrected chi connectivity index (χ1v) is 9.42. The van der Waals surface area contributed by atoms with Crippen molar-refractivity contribution in [3.63, 3.8) is 0 Å². The Morgan fingerprint density at radius 1 is 1.46 bits per heavy atom. The van der Waals surface area contributed by atoms with E-state index in [-0.39, 0.29) is 27.7 Å². The standard InChI is InChI=1S/C15H11ClN4O4S2/c1-19-14(22)9-4-5-25-13(9)18-15(19)26-7-12(21)17-11-6-8(20(23)24)2-3-10(11)16/h2-6H,7H2,1H3,(H,17,21). The van der Waals surface area contributed by atoms with Gasteiger partial charge in [-0.25, -0.2) is 4.98 Å². The molecular weight excluding hydrogens is 400 g/mol. The minimum Gasteiger partial charge on any atom is -0.324 e. The predicted molar refractivity (Wildman–Crippen MR) is 102 cm³/mol. The molecule has 0 radical (unpaired) electrons. The summed E-state index contributed by atoms with van der Waals surface area (Å²) in [5, 5.41) is 16.3. The summed E-state index contributed by atoms with van der Waals surface area (Å²) in [5.74, 6) is -0.450. The van der Waals surface area contributed by atoms with Crippen molar-refractivity contribution in [1.29, 1.82) is 0 Å². The zero-order valence-corrected chi connectivity index (χ0v) is 15.7. The van der Waals surface area contributed by atoms with Gasteiger partial charge in [0.1, 0.15) is 4.83 Å². The predicted octanol–water partition coefficient (Wildman–Crippen LogP) is 3.29. The van der Waals surface area contributed by atoms with Crippen LogP contribution < -0.4 is 10.9 Å². The van der Waals surface area contributed by atoms with Gasteiger partial charge in [-0.05, 0) is 17.5 Å². The Morgan fingerprint density at radius 2 is 2.23 bits per heavy atom. The van der Waals surface area contributed by atoms with Crippen molar-refractivity contribution in [2.75, 3.05) is 11.1 Å². The van der Waals surface area contributed by atoms with Gasteiger partial charge in [-0.2, -0.15) is 0 Å². The zero-order chi connectivity index (χ0) is 18.8. The van der Waals surface area contributed by atoms with Crippen LogP contribution in [0.3, 0.4) is 0 Å². The first-order chi connectivity index (χ1) is 12.4. The number of aromatic nitrogens is 2. The fraction of sp³-hybridized carbons (Fsp3) is 0.133. The minimum atomic E-state index is -0.573. The van der Waals surface area contributed by atoms with Gasteiger partial charge in [0.2, 0.25) is 5.91 Å². The van der Waals surface area contributed by atoms with Crippen LogP contribution in [-0.4, -0.2) is 26.1 Å². The molecule has 0 saturated heterocycles. The molecular formula is C15H11ClN4O4S2. The third-order valence-electron chi connectivity index (χ3n) is 3.43. The highest BCUT2D eigenvalue weighted by Gasteiger charge is 2.14. The normalized spacial score (nSPS) is 10.8. The topological polar surface area (TPSA) is 107 Å². The van der Waals surface area contributed by atoms with Gasteiger partial charge in [0.05, 0.1) is 26.8 Å².